The lowest BCUT2D eigenvalue weighted by atomic mass is 10.3. The van der Waals surface area contributed by atoms with Crippen molar-refractivity contribution in [1.82, 2.24) is 15.0 Å². The average molecular weight is 231 g/mol. The Morgan fingerprint density at radius 3 is 2.82 bits per heavy atom. The van der Waals surface area contributed by atoms with Crippen molar-refractivity contribution in [3.05, 3.63) is 42.2 Å². The van der Waals surface area contributed by atoms with E-state index in [0.717, 1.165) is 12.2 Å². The van der Waals surface area contributed by atoms with Crippen LogP contribution in [0.1, 0.15) is 16.9 Å². The Morgan fingerprint density at radius 1 is 1.29 bits per heavy atom. The second kappa shape index (κ2) is 5.79. The van der Waals surface area contributed by atoms with Gasteiger partial charge in [0.05, 0.1) is 12.8 Å². The predicted molar refractivity (Wildman–Crippen MR) is 62.0 cm³/mol. The third kappa shape index (κ3) is 3.41. The molecule has 0 unspecified atom stereocenters. The van der Waals surface area contributed by atoms with Crippen LogP contribution < -0.4 is 4.74 Å². The summed E-state index contributed by atoms with van der Waals surface area (Å²) in [5, 5.41) is 7.49. The maximum Gasteiger partial charge on any atom is 0.171 e. The van der Waals surface area contributed by atoms with E-state index in [2.05, 4.69) is 10.3 Å². The number of aromatic nitrogens is 3. The largest absolute Gasteiger partial charge is 0.494 e. The lowest BCUT2D eigenvalue weighted by Crippen LogP contribution is -2.05. The number of ether oxygens (including phenoxy) is 1. The number of nitrogens with zero attached hydrogens (tertiary/aromatic N) is 3. The molecule has 0 radical (unpaired) electrons. The van der Waals surface area contributed by atoms with Gasteiger partial charge >= 0.3 is 0 Å². The highest BCUT2D eigenvalue weighted by molar-refractivity contribution is 5.70. The molecule has 2 aromatic rings. The molecule has 1 heterocycles. The Hall–Kier alpha value is -2.17. The molecule has 0 N–H and O–H groups in total. The molecule has 0 saturated carbocycles. The van der Waals surface area contributed by atoms with Crippen molar-refractivity contribution in [2.75, 3.05) is 6.61 Å². The van der Waals surface area contributed by atoms with Gasteiger partial charge < -0.3 is 4.74 Å². The zero-order valence-corrected chi connectivity index (χ0v) is 9.32. The van der Waals surface area contributed by atoms with Gasteiger partial charge in [-0.25, -0.2) is 0 Å². The van der Waals surface area contributed by atoms with Crippen LogP contribution in [-0.2, 0) is 6.54 Å². The van der Waals surface area contributed by atoms with Crippen molar-refractivity contribution >= 4 is 6.29 Å². The Kier molecular flexibility index (Phi) is 3.85. The van der Waals surface area contributed by atoms with Crippen LogP contribution in [0.25, 0.3) is 0 Å². The first-order chi connectivity index (χ1) is 8.38. The van der Waals surface area contributed by atoms with Gasteiger partial charge in [-0.15, -0.1) is 5.10 Å². The molecule has 0 spiro atoms. The van der Waals surface area contributed by atoms with E-state index in [1.165, 1.54) is 0 Å². The number of aldehydes is 1. The summed E-state index contributed by atoms with van der Waals surface area (Å²) in [6.07, 6.45) is 3.12. The van der Waals surface area contributed by atoms with Crippen molar-refractivity contribution in [3.63, 3.8) is 0 Å². The molecule has 0 atom stereocenters. The number of carbonyl (C=O) groups excluding carboxylic acids is 1. The SMILES string of the molecule is O=Cc1cn(CCCOc2ccccc2)nn1. The second-order valence-corrected chi connectivity index (χ2v) is 3.54. The lowest BCUT2D eigenvalue weighted by molar-refractivity contribution is 0.111. The second-order valence-electron chi connectivity index (χ2n) is 3.54. The number of hydrogen-bond acceptors (Lipinski definition) is 4. The Labute approximate surface area is 99.0 Å². The Bertz CT molecular complexity index is 468. The highest BCUT2D eigenvalue weighted by atomic mass is 16.5. The van der Waals surface area contributed by atoms with Crippen LogP contribution >= 0.6 is 0 Å². The minimum Gasteiger partial charge on any atom is -0.494 e. The van der Waals surface area contributed by atoms with Crippen LogP contribution in [-0.4, -0.2) is 27.9 Å². The highest BCUT2D eigenvalue weighted by Crippen LogP contribution is 2.08. The van der Waals surface area contributed by atoms with Crippen LogP contribution in [0.5, 0.6) is 5.75 Å². The number of carbonyl (C=O) groups is 1. The average Bonchev–Trinajstić information content (AvgIpc) is 2.84. The van der Waals surface area contributed by atoms with Gasteiger partial charge in [0.15, 0.2) is 6.29 Å². The van der Waals surface area contributed by atoms with Crippen molar-refractivity contribution in [3.8, 4) is 5.75 Å². The summed E-state index contributed by atoms with van der Waals surface area (Å²) in [7, 11) is 0. The van der Waals surface area contributed by atoms with Gasteiger partial charge in [-0.1, -0.05) is 23.4 Å². The van der Waals surface area contributed by atoms with Crippen LogP contribution in [0, 0.1) is 0 Å². The van der Waals surface area contributed by atoms with E-state index in [1.54, 1.807) is 10.9 Å². The zero-order valence-electron chi connectivity index (χ0n) is 9.32. The Morgan fingerprint density at radius 2 is 2.12 bits per heavy atom. The van der Waals surface area contributed by atoms with Gasteiger partial charge in [0.2, 0.25) is 0 Å². The molecular weight excluding hydrogens is 218 g/mol. The minimum absolute atomic E-state index is 0.356. The molecule has 0 aliphatic rings. The quantitative estimate of drug-likeness (QED) is 0.559. The molecule has 0 amide bonds. The lowest BCUT2D eigenvalue weighted by Gasteiger charge is -2.05. The highest BCUT2D eigenvalue weighted by Gasteiger charge is 1.98. The summed E-state index contributed by atoms with van der Waals surface area (Å²) >= 11 is 0. The summed E-state index contributed by atoms with van der Waals surface area (Å²) in [6, 6.07) is 9.65. The molecule has 88 valence electrons. The molecule has 17 heavy (non-hydrogen) atoms. The molecule has 0 aliphatic heterocycles. The first kappa shape index (κ1) is 11.3. The summed E-state index contributed by atoms with van der Waals surface area (Å²) in [5.41, 5.74) is 0.356. The van der Waals surface area contributed by atoms with Crippen LogP contribution in [0.3, 0.4) is 0 Å². The van der Waals surface area contributed by atoms with Gasteiger partial charge in [-0.2, -0.15) is 0 Å². The minimum atomic E-state index is 0.356. The summed E-state index contributed by atoms with van der Waals surface area (Å²) < 4.78 is 7.17. The fraction of sp³-hybridized carbons (Fsp3) is 0.250. The van der Waals surface area contributed by atoms with E-state index in [0.29, 0.717) is 25.1 Å². The molecular formula is C12H13N3O2. The number of para-hydroxylation sites is 1. The predicted octanol–water partition coefficient (Wildman–Crippen LogP) is 1.56. The van der Waals surface area contributed by atoms with E-state index < -0.39 is 0 Å². The van der Waals surface area contributed by atoms with Gasteiger partial charge in [0.1, 0.15) is 11.4 Å². The molecule has 2 rings (SSSR count). The summed E-state index contributed by atoms with van der Waals surface area (Å²) in [4.78, 5) is 10.4. The van der Waals surface area contributed by atoms with Crippen LogP contribution in [0.15, 0.2) is 36.5 Å². The van der Waals surface area contributed by atoms with Crippen molar-refractivity contribution < 1.29 is 9.53 Å². The third-order valence-electron chi connectivity index (χ3n) is 2.22. The molecule has 1 aromatic heterocycles. The fourth-order valence-electron chi connectivity index (χ4n) is 1.41. The molecule has 5 nitrogen and oxygen atoms in total. The van der Waals surface area contributed by atoms with Gasteiger partial charge in [-0.3, -0.25) is 9.48 Å². The Balaban J connectivity index is 1.71. The number of aryl methyl sites for hydroxylation is 1. The molecule has 0 fully saturated rings. The van der Waals surface area contributed by atoms with Gasteiger partial charge in [0.25, 0.3) is 0 Å². The number of rotatable bonds is 6. The van der Waals surface area contributed by atoms with Crippen LogP contribution in [0.4, 0.5) is 0 Å². The van der Waals surface area contributed by atoms with Gasteiger partial charge in [-0.05, 0) is 12.1 Å². The normalized spacial score (nSPS) is 10.1. The molecule has 0 bridgehead atoms. The fourth-order valence-corrected chi connectivity index (χ4v) is 1.41. The van der Waals surface area contributed by atoms with Crippen molar-refractivity contribution in [2.45, 2.75) is 13.0 Å². The van der Waals surface area contributed by atoms with Crippen molar-refractivity contribution in [1.29, 1.82) is 0 Å². The van der Waals surface area contributed by atoms with E-state index in [9.17, 15) is 4.79 Å². The topological polar surface area (TPSA) is 57.0 Å². The van der Waals surface area contributed by atoms with E-state index >= 15 is 0 Å². The molecule has 0 saturated heterocycles. The monoisotopic (exact) mass is 231 g/mol. The van der Waals surface area contributed by atoms with E-state index in [-0.39, 0.29) is 0 Å². The third-order valence-corrected chi connectivity index (χ3v) is 2.22. The summed E-state index contributed by atoms with van der Waals surface area (Å²) in [6.45, 7) is 1.30. The summed E-state index contributed by atoms with van der Waals surface area (Å²) in [5.74, 6) is 0.861. The van der Waals surface area contributed by atoms with E-state index in [1.807, 2.05) is 30.3 Å². The maximum atomic E-state index is 10.4. The van der Waals surface area contributed by atoms with Gasteiger partial charge in [0, 0.05) is 13.0 Å². The number of benzene rings is 1. The smallest absolute Gasteiger partial charge is 0.171 e. The van der Waals surface area contributed by atoms with Crippen LogP contribution in [0.2, 0.25) is 0 Å². The maximum absolute atomic E-state index is 10.4. The zero-order chi connectivity index (χ0) is 11.9. The first-order valence-corrected chi connectivity index (χ1v) is 5.41. The molecule has 5 heteroatoms. The standard InChI is InChI=1S/C12H13N3O2/c16-10-11-9-15(14-13-11)7-4-8-17-12-5-2-1-3-6-12/h1-3,5-6,9-10H,4,7-8H2. The van der Waals surface area contributed by atoms with Crippen molar-refractivity contribution in [2.24, 2.45) is 0 Å². The molecule has 0 aliphatic carbocycles. The first-order valence-electron chi connectivity index (χ1n) is 5.41. The molecule has 1 aromatic carbocycles. The number of hydrogen-bond donors (Lipinski definition) is 0. The van der Waals surface area contributed by atoms with E-state index in [4.69, 9.17) is 4.74 Å².